The number of anilines is 2. The Balaban J connectivity index is 1.47. The average Bonchev–Trinajstić information content (AvgIpc) is 2.46. The number of rotatable bonds is 4. The van der Waals surface area contributed by atoms with Crippen LogP contribution in [0.3, 0.4) is 0 Å². The molecule has 0 saturated heterocycles. The molecule has 140 valence electrons. The molecule has 1 aromatic rings. The Hall–Kier alpha value is -1.36. The Morgan fingerprint density at radius 1 is 1.15 bits per heavy atom. The third kappa shape index (κ3) is 3.55. The van der Waals surface area contributed by atoms with Crippen LogP contribution in [0.2, 0.25) is 0 Å². The number of carbonyl (C=O) groups excluding carboxylic acids is 2. The molecule has 2 atom stereocenters. The second-order valence-electron chi connectivity index (χ2n) is 9.05. The van der Waals surface area contributed by atoms with E-state index in [1.165, 1.54) is 39.0 Å². The standard InChI is InChI=1S/C21H27BrN2O2/c1-13-3-4-17(23-14(2)25)6-18(13)24-19(26)11-20-7-15-5-16(8-20)10-21(22,9-15)12-20/h3-4,6,15-16H,5,7-12H2,1-2H3,(H,23,25)(H,24,26). The molecule has 4 nitrogen and oxygen atoms in total. The van der Waals surface area contributed by atoms with Gasteiger partial charge in [0.15, 0.2) is 0 Å². The Morgan fingerprint density at radius 2 is 1.85 bits per heavy atom. The van der Waals surface area contributed by atoms with E-state index in [9.17, 15) is 9.59 Å². The minimum atomic E-state index is -0.109. The highest BCUT2D eigenvalue weighted by Gasteiger charge is 2.57. The number of hydrogen-bond acceptors (Lipinski definition) is 2. The van der Waals surface area contributed by atoms with Crippen LogP contribution in [-0.4, -0.2) is 16.1 Å². The Bertz CT molecular complexity index is 746. The highest BCUT2D eigenvalue weighted by Crippen LogP contribution is 2.65. The molecule has 2 amide bonds. The van der Waals surface area contributed by atoms with Gasteiger partial charge in [-0.1, -0.05) is 22.0 Å². The van der Waals surface area contributed by atoms with Gasteiger partial charge in [-0.05, 0) is 80.4 Å². The van der Waals surface area contributed by atoms with E-state index in [4.69, 9.17) is 0 Å². The minimum absolute atomic E-state index is 0.103. The van der Waals surface area contributed by atoms with Crippen molar-refractivity contribution < 1.29 is 9.59 Å². The van der Waals surface area contributed by atoms with E-state index in [0.29, 0.717) is 12.1 Å². The van der Waals surface area contributed by atoms with E-state index in [0.717, 1.165) is 29.5 Å². The van der Waals surface area contributed by atoms with Crippen molar-refractivity contribution in [3.8, 4) is 0 Å². The second kappa shape index (κ2) is 6.36. The summed E-state index contributed by atoms with van der Waals surface area (Å²) in [7, 11) is 0. The lowest BCUT2D eigenvalue weighted by atomic mass is 9.48. The lowest BCUT2D eigenvalue weighted by Crippen LogP contribution is -2.53. The summed E-state index contributed by atoms with van der Waals surface area (Å²) in [5.74, 6) is 1.56. The number of amides is 2. The zero-order valence-electron chi connectivity index (χ0n) is 15.5. The molecule has 2 N–H and O–H groups in total. The highest BCUT2D eigenvalue weighted by molar-refractivity contribution is 9.10. The van der Waals surface area contributed by atoms with Gasteiger partial charge in [-0.25, -0.2) is 0 Å². The molecule has 5 rings (SSSR count). The summed E-state index contributed by atoms with van der Waals surface area (Å²) in [6.07, 6.45) is 8.07. The predicted octanol–water partition coefficient (Wildman–Crippen LogP) is 5.02. The van der Waals surface area contributed by atoms with Gasteiger partial charge in [0.1, 0.15) is 0 Å². The number of nitrogens with one attached hydrogen (secondary N) is 2. The molecule has 4 bridgehead atoms. The number of carbonyl (C=O) groups is 2. The van der Waals surface area contributed by atoms with Gasteiger partial charge in [-0.2, -0.15) is 0 Å². The van der Waals surface area contributed by atoms with E-state index in [1.54, 1.807) is 0 Å². The molecule has 2 unspecified atom stereocenters. The van der Waals surface area contributed by atoms with Crippen molar-refractivity contribution in [2.75, 3.05) is 10.6 Å². The van der Waals surface area contributed by atoms with Gasteiger partial charge in [-0.3, -0.25) is 9.59 Å². The molecule has 4 saturated carbocycles. The van der Waals surface area contributed by atoms with Crippen LogP contribution in [0.4, 0.5) is 11.4 Å². The third-order valence-corrected chi connectivity index (χ3v) is 7.41. The van der Waals surface area contributed by atoms with Gasteiger partial charge in [0.05, 0.1) is 0 Å². The molecule has 4 aliphatic carbocycles. The summed E-state index contributed by atoms with van der Waals surface area (Å²) in [5, 5.41) is 5.89. The number of alkyl halides is 1. The van der Waals surface area contributed by atoms with Gasteiger partial charge >= 0.3 is 0 Å². The van der Waals surface area contributed by atoms with Gasteiger partial charge in [0.2, 0.25) is 11.8 Å². The maximum absolute atomic E-state index is 12.9. The van der Waals surface area contributed by atoms with E-state index < -0.39 is 0 Å². The number of hydrogen-bond donors (Lipinski definition) is 2. The zero-order valence-corrected chi connectivity index (χ0v) is 17.1. The van der Waals surface area contributed by atoms with Gasteiger partial charge in [0.25, 0.3) is 0 Å². The zero-order chi connectivity index (χ0) is 18.5. The number of aryl methyl sites for hydroxylation is 1. The van der Waals surface area contributed by atoms with Crippen LogP contribution in [0.1, 0.15) is 57.4 Å². The highest BCUT2D eigenvalue weighted by atomic mass is 79.9. The molecule has 0 heterocycles. The third-order valence-electron chi connectivity index (χ3n) is 6.48. The largest absolute Gasteiger partial charge is 0.326 e. The van der Waals surface area contributed by atoms with Crippen molar-refractivity contribution in [3.05, 3.63) is 23.8 Å². The van der Waals surface area contributed by atoms with Crippen molar-refractivity contribution in [3.63, 3.8) is 0 Å². The summed E-state index contributed by atoms with van der Waals surface area (Å²) in [6.45, 7) is 3.46. The Morgan fingerprint density at radius 3 is 2.46 bits per heavy atom. The smallest absolute Gasteiger partial charge is 0.224 e. The number of halogens is 1. The first kappa shape index (κ1) is 18.0. The molecule has 0 spiro atoms. The maximum Gasteiger partial charge on any atom is 0.224 e. The van der Waals surface area contributed by atoms with E-state index >= 15 is 0 Å². The minimum Gasteiger partial charge on any atom is -0.326 e. The molecule has 0 aliphatic heterocycles. The van der Waals surface area contributed by atoms with Crippen LogP contribution < -0.4 is 10.6 Å². The molecular weight excluding hydrogens is 392 g/mol. The molecular formula is C21H27BrN2O2. The van der Waals surface area contributed by atoms with Crippen molar-refractivity contribution in [2.45, 2.75) is 63.1 Å². The average molecular weight is 419 g/mol. The van der Waals surface area contributed by atoms with Gasteiger partial charge < -0.3 is 10.6 Å². The van der Waals surface area contributed by atoms with Gasteiger partial charge in [-0.15, -0.1) is 0 Å². The van der Waals surface area contributed by atoms with E-state index in [2.05, 4.69) is 26.6 Å². The molecule has 0 aromatic heterocycles. The summed E-state index contributed by atoms with van der Waals surface area (Å²) in [6, 6.07) is 5.64. The Kier molecular flexibility index (Phi) is 4.41. The lowest BCUT2D eigenvalue weighted by molar-refractivity contribution is -0.123. The molecule has 0 radical (unpaired) electrons. The van der Waals surface area contributed by atoms with Crippen molar-refractivity contribution in [1.29, 1.82) is 0 Å². The Labute approximate surface area is 163 Å². The summed E-state index contributed by atoms with van der Waals surface area (Å²) in [5.41, 5.74) is 2.68. The maximum atomic E-state index is 12.9. The summed E-state index contributed by atoms with van der Waals surface area (Å²) >= 11 is 4.02. The topological polar surface area (TPSA) is 58.2 Å². The monoisotopic (exact) mass is 418 g/mol. The molecule has 26 heavy (non-hydrogen) atoms. The van der Waals surface area contributed by atoms with Gasteiger partial charge in [0, 0.05) is 29.0 Å². The first-order valence-corrected chi connectivity index (χ1v) is 10.4. The van der Waals surface area contributed by atoms with Crippen LogP contribution in [0.15, 0.2) is 18.2 Å². The second-order valence-corrected chi connectivity index (χ2v) is 10.7. The van der Waals surface area contributed by atoms with Crippen LogP contribution >= 0.6 is 15.9 Å². The van der Waals surface area contributed by atoms with E-state index in [1.807, 2.05) is 25.1 Å². The molecule has 4 fully saturated rings. The molecule has 1 aromatic carbocycles. The van der Waals surface area contributed by atoms with Crippen LogP contribution in [0.25, 0.3) is 0 Å². The normalized spacial score (nSPS) is 34.6. The van der Waals surface area contributed by atoms with Crippen LogP contribution in [-0.2, 0) is 9.59 Å². The molecule has 4 aliphatic rings. The van der Waals surface area contributed by atoms with Crippen LogP contribution in [0, 0.1) is 24.2 Å². The first-order chi connectivity index (χ1) is 12.2. The van der Waals surface area contributed by atoms with Crippen molar-refractivity contribution in [2.24, 2.45) is 17.3 Å². The summed E-state index contributed by atoms with van der Waals surface area (Å²) in [4.78, 5) is 24.1. The number of benzene rings is 1. The van der Waals surface area contributed by atoms with E-state index in [-0.39, 0.29) is 21.6 Å². The fourth-order valence-corrected chi connectivity index (χ4v) is 7.63. The van der Waals surface area contributed by atoms with Crippen LogP contribution in [0.5, 0.6) is 0 Å². The summed E-state index contributed by atoms with van der Waals surface area (Å²) < 4.78 is 0.276. The first-order valence-electron chi connectivity index (χ1n) is 9.61. The molecule has 5 heteroatoms. The quantitative estimate of drug-likeness (QED) is 0.674. The fraction of sp³-hybridized carbons (Fsp3) is 0.619. The predicted molar refractivity (Wildman–Crippen MR) is 108 cm³/mol. The SMILES string of the molecule is CC(=O)Nc1ccc(C)c(NC(=O)CC23CC4CC(CC(Br)(C4)C2)C3)c1. The van der Waals surface area contributed by atoms with Crippen molar-refractivity contribution >= 4 is 39.1 Å². The fourth-order valence-electron chi connectivity index (χ4n) is 6.12. The van der Waals surface area contributed by atoms with Crippen molar-refractivity contribution in [1.82, 2.24) is 0 Å². The lowest BCUT2D eigenvalue weighted by Gasteiger charge is -2.60.